The zero-order valence-electron chi connectivity index (χ0n) is 10.6. The van der Waals surface area contributed by atoms with Gasteiger partial charge in [-0.2, -0.15) is 0 Å². The molecule has 1 fully saturated rings. The number of rotatable bonds is 3. The number of nitro groups is 1. The highest BCUT2D eigenvalue weighted by Gasteiger charge is 2.29. The topological polar surface area (TPSA) is 63.5 Å². The zero-order valence-corrected chi connectivity index (χ0v) is 11.4. The second kappa shape index (κ2) is 5.57. The summed E-state index contributed by atoms with van der Waals surface area (Å²) in [6.45, 7) is 2.41. The van der Waals surface area contributed by atoms with E-state index < -0.39 is 4.92 Å². The Morgan fingerprint density at radius 3 is 2.89 bits per heavy atom. The van der Waals surface area contributed by atoms with Gasteiger partial charge in [0.05, 0.1) is 4.92 Å². The van der Waals surface area contributed by atoms with Crippen molar-refractivity contribution in [3.05, 3.63) is 39.4 Å². The molecule has 0 aromatic heterocycles. The zero-order chi connectivity index (χ0) is 14.0. The van der Waals surface area contributed by atoms with Crippen molar-refractivity contribution in [3.8, 4) is 0 Å². The van der Waals surface area contributed by atoms with Crippen LogP contribution in [0.15, 0.2) is 18.2 Å². The normalized spacial score (nSPS) is 18.6. The lowest BCUT2D eigenvalue weighted by Crippen LogP contribution is -2.36. The van der Waals surface area contributed by atoms with Crippen LogP contribution in [0.2, 0.25) is 0 Å². The van der Waals surface area contributed by atoms with Crippen LogP contribution in [-0.2, 0) is 0 Å². The van der Waals surface area contributed by atoms with Crippen LogP contribution in [0, 0.1) is 17.0 Å². The molecule has 1 saturated heterocycles. The molecule has 1 aliphatic heterocycles. The fourth-order valence-corrected chi connectivity index (χ4v) is 2.74. The van der Waals surface area contributed by atoms with Crippen LogP contribution in [0.5, 0.6) is 0 Å². The number of hydrogen-bond donors (Lipinski definition) is 0. The van der Waals surface area contributed by atoms with Crippen molar-refractivity contribution in [1.82, 2.24) is 4.90 Å². The van der Waals surface area contributed by atoms with Gasteiger partial charge in [0, 0.05) is 36.2 Å². The third-order valence-electron chi connectivity index (χ3n) is 3.34. The van der Waals surface area contributed by atoms with Crippen molar-refractivity contribution in [2.75, 3.05) is 12.4 Å². The predicted octanol–water partition coefficient (Wildman–Crippen LogP) is 2.75. The molecule has 6 heteroatoms. The van der Waals surface area contributed by atoms with Crippen molar-refractivity contribution in [1.29, 1.82) is 0 Å². The maximum atomic E-state index is 12.4. The summed E-state index contributed by atoms with van der Waals surface area (Å²) in [5.41, 5.74) is 1.02. The summed E-state index contributed by atoms with van der Waals surface area (Å²) in [4.78, 5) is 24.5. The third-order valence-corrected chi connectivity index (χ3v) is 3.69. The molecule has 1 amide bonds. The lowest BCUT2D eigenvalue weighted by Gasteiger charge is -2.23. The van der Waals surface area contributed by atoms with Gasteiger partial charge in [-0.15, -0.1) is 11.6 Å². The fraction of sp³-hybridized carbons (Fsp3) is 0.462. The first kappa shape index (κ1) is 13.8. The number of nitrogens with zero attached hydrogens (tertiary/aromatic N) is 2. The van der Waals surface area contributed by atoms with E-state index in [1.54, 1.807) is 17.9 Å². The lowest BCUT2D eigenvalue weighted by atomic mass is 10.1. The molecular formula is C13H15ClN2O3. The maximum Gasteiger partial charge on any atom is 0.270 e. The highest BCUT2D eigenvalue weighted by molar-refractivity contribution is 6.18. The number of hydrogen-bond acceptors (Lipinski definition) is 3. The molecule has 0 saturated carbocycles. The first-order chi connectivity index (χ1) is 9.02. The minimum atomic E-state index is -0.479. The van der Waals surface area contributed by atoms with E-state index in [0.717, 1.165) is 12.8 Å². The van der Waals surface area contributed by atoms with E-state index in [1.807, 2.05) is 0 Å². The Hall–Kier alpha value is -1.62. The molecule has 2 rings (SSSR count). The van der Waals surface area contributed by atoms with Crippen molar-refractivity contribution >= 4 is 23.2 Å². The van der Waals surface area contributed by atoms with Crippen molar-refractivity contribution in [3.63, 3.8) is 0 Å². The molecule has 1 heterocycles. The summed E-state index contributed by atoms with van der Waals surface area (Å²) in [6, 6.07) is 4.51. The molecule has 102 valence electrons. The summed E-state index contributed by atoms with van der Waals surface area (Å²) >= 11 is 5.84. The van der Waals surface area contributed by atoms with Crippen LogP contribution >= 0.6 is 11.6 Å². The number of aryl methyl sites for hydroxylation is 1. The van der Waals surface area contributed by atoms with Crippen molar-refractivity contribution in [2.45, 2.75) is 25.8 Å². The molecule has 5 nitrogen and oxygen atoms in total. The third kappa shape index (κ3) is 2.87. The summed E-state index contributed by atoms with van der Waals surface area (Å²) in [6.07, 6.45) is 1.82. The van der Waals surface area contributed by atoms with E-state index >= 15 is 0 Å². The Kier molecular flexibility index (Phi) is 4.04. The predicted molar refractivity (Wildman–Crippen MR) is 72.6 cm³/mol. The van der Waals surface area contributed by atoms with Crippen LogP contribution in [0.4, 0.5) is 5.69 Å². The molecule has 0 bridgehead atoms. The van der Waals surface area contributed by atoms with Gasteiger partial charge in [-0.3, -0.25) is 14.9 Å². The Bertz CT molecular complexity index is 519. The van der Waals surface area contributed by atoms with Gasteiger partial charge in [0.15, 0.2) is 0 Å². The van der Waals surface area contributed by atoms with Crippen LogP contribution in [0.3, 0.4) is 0 Å². The smallest absolute Gasteiger partial charge is 0.270 e. The van der Waals surface area contributed by atoms with E-state index in [1.165, 1.54) is 12.1 Å². The highest BCUT2D eigenvalue weighted by Crippen LogP contribution is 2.23. The maximum absolute atomic E-state index is 12.4. The van der Waals surface area contributed by atoms with E-state index in [0.29, 0.717) is 23.6 Å². The number of amides is 1. The second-order valence-corrected chi connectivity index (χ2v) is 5.07. The molecule has 1 unspecified atom stereocenters. The Labute approximate surface area is 116 Å². The van der Waals surface area contributed by atoms with Gasteiger partial charge in [-0.1, -0.05) is 0 Å². The minimum absolute atomic E-state index is 0.0359. The molecule has 1 aromatic rings. The molecule has 0 spiro atoms. The van der Waals surface area contributed by atoms with E-state index in [-0.39, 0.29) is 17.6 Å². The average molecular weight is 283 g/mol. The number of alkyl halides is 1. The quantitative estimate of drug-likeness (QED) is 0.486. The van der Waals surface area contributed by atoms with Crippen molar-refractivity contribution < 1.29 is 9.72 Å². The second-order valence-electron chi connectivity index (χ2n) is 4.76. The largest absolute Gasteiger partial charge is 0.334 e. The molecule has 19 heavy (non-hydrogen) atoms. The molecular weight excluding hydrogens is 268 g/mol. The number of benzene rings is 1. The van der Waals surface area contributed by atoms with Crippen LogP contribution in [0.1, 0.15) is 28.8 Å². The van der Waals surface area contributed by atoms with Gasteiger partial charge in [-0.25, -0.2) is 0 Å². The minimum Gasteiger partial charge on any atom is -0.334 e. The highest BCUT2D eigenvalue weighted by atomic mass is 35.5. The Balaban J connectivity index is 2.30. The molecule has 0 aliphatic carbocycles. The van der Waals surface area contributed by atoms with Crippen molar-refractivity contribution in [2.24, 2.45) is 0 Å². The molecule has 0 radical (unpaired) electrons. The lowest BCUT2D eigenvalue weighted by molar-refractivity contribution is -0.384. The molecule has 0 N–H and O–H groups in total. The summed E-state index contributed by atoms with van der Waals surface area (Å²) in [7, 11) is 0. The van der Waals surface area contributed by atoms with E-state index in [2.05, 4.69) is 0 Å². The van der Waals surface area contributed by atoms with Gasteiger partial charge in [0.2, 0.25) is 0 Å². The summed E-state index contributed by atoms with van der Waals surface area (Å²) < 4.78 is 0. The van der Waals surface area contributed by atoms with Gasteiger partial charge in [0.1, 0.15) is 0 Å². The number of carbonyl (C=O) groups excluding carboxylic acids is 1. The summed E-state index contributed by atoms with van der Waals surface area (Å²) in [5, 5.41) is 10.8. The number of halogens is 1. The number of non-ortho nitro benzene ring substituents is 1. The van der Waals surface area contributed by atoms with Gasteiger partial charge >= 0.3 is 0 Å². The number of nitro benzene ring substituents is 1. The fourth-order valence-electron chi connectivity index (χ4n) is 2.42. The van der Waals surface area contributed by atoms with E-state index in [9.17, 15) is 14.9 Å². The summed E-state index contributed by atoms with van der Waals surface area (Å²) in [5.74, 6) is 0.231. The van der Waals surface area contributed by atoms with Crippen LogP contribution < -0.4 is 0 Å². The molecule has 1 atom stereocenters. The average Bonchev–Trinajstić information content (AvgIpc) is 2.85. The van der Waals surface area contributed by atoms with E-state index in [4.69, 9.17) is 11.6 Å². The molecule has 1 aromatic carbocycles. The number of likely N-dealkylation sites (tertiary alicyclic amines) is 1. The standard InChI is InChI=1S/C13H15ClN2O3/c1-9-5-10(7-12(6-9)16(18)19)13(17)15-4-2-3-11(15)8-14/h5-7,11H,2-4,8H2,1H3. The molecule has 1 aliphatic rings. The first-order valence-electron chi connectivity index (χ1n) is 6.16. The van der Waals surface area contributed by atoms with Gasteiger partial charge < -0.3 is 4.90 Å². The van der Waals surface area contributed by atoms with Gasteiger partial charge in [-0.05, 0) is 31.4 Å². The monoisotopic (exact) mass is 282 g/mol. The first-order valence-corrected chi connectivity index (χ1v) is 6.69. The number of carbonyl (C=O) groups is 1. The SMILES string of the molecule is Cc1cc(C(=O)N2CCCC2CCl)cc([N+](=O)[O-])c1. The van der Waals surface area contributed by atoms with Crippen LogP contribution in [-0.4, -0.2) is 34.2 Å². The Morgan fingerprint density at radius 2 is 2.26 bits per heavy atom. The Morgan fingerprint density at radius 1 is 1.53 bits per heavy atom. The van der Waals surface area contributed by atoms with Gasteiger partial charge in [0.25, 0.3) is 11.6 Å². The van der Waals surface area contributed by atoms with Crippen LogP contribution in [0.25, 0.3) is 0 Å².